The van der Waals surface area contributed by atoms with Gasteiger partial charge in [-0.3, -0.25) is 0 Å². The minimum absolute atomic E-state index is 0.0407. The summed E-state index contributed by atoms with van der Waals surface area (Å²) in [5, 5.41) is 11.1. The van der Waals surface area contributed by atoms with Gasteiger partial charge in [0.2, 0.25) is 0 Å². The second-order valence-corrected chi connectivity index (χ2v) is 5.28. The third-order valence-corrected chi connectivity index (χ3v) is 4.00. The standard InChI is InChI=1S/C18H17NO3/c1-11(13-5-3-4-6-17(13)20)15-10-19-16-9-12(18(21)22-2)7-8-14(15)16/h3-11,19-20H,1-2H3. The summed E-state index contributed by atoms with van der Waals surface area (Å²) in [6.07, 6.45) is 1.92. The Balaban J connectivity index is 2.05. The number of benzene rings is 2. The lowest BCUT2D eigenvalue weighted by Crippen LogP contribution is -2.00. The number of hydrogen-bond acceptors (Lipinski definition) is 3. The zero-order valence-corrected chi connectivity index (χ0v) is 12.5. The molecule has 0 bridgehead atoms. The van der Waals surface area contributed by atoms with Crippen LogP contribution in [0, 0.1) is 0 Å². The highest BCUT2D eigenvalue weighted by atomic mass is 16.5. The molecule has 22 heavy (non-hydrogen) atoms. The molecule has 2 N–H and O–H groups in total. The Morgan fingerprint density at radius 1 is 1.18 bits per heavy atom. The highest BCUT2D eigenvalue weighted by Crippen LogP contribution is 2.34. The number of rotatable bonds is 3. The fourth-order valence-electron chi connectivity index (χ4n) is 2.77. The van der Waals surface area contributed by atoms with Gasteiger partial charge in [-0.1, -0.05) is 31.2 Å². The molecule has 3 aromatic rings. The number of methoxy groups -OCH3 is 1. The number of fused-ring (bicyclic) bond motifs is 1. The first-order valence-electron chi connectivity index (χ1n) is 7.09. The van der Waals surface area contributed by atoms with E-state index in [1.54, 1.807) is 18.2 Å². The zero-order valence-electron chi connectivity index (χ0n) is 12.5. The van der Waals surface area contributed by atoms with E-state index in [-0.39, 0.29) is 17.6 Å². The van der Waals surface area contributed by atoms with Gasteiger partial charge in [0.25, 0.3) is 0 Å². The van der Waals surface area contributed by atoms with Gasteiger partial charge in [0, 0.05) is 28.6 Å². The van der Waals surface area contributed by atoms with Crippen molar-refractivity contribution in [3.05, 3.63) is 65.4 Å². The first kappa shape index (κ1) is 14.2. The summed E-state index contributed by atoms with van der Waals surface area (Å²) in [6, 6.07) is 12.8. The lowest BCUT2D eigenvalue weighted by atomic mass is 9.92. The SMILES string of the molecule is COC(=O)c1ccc2c(C(C)c3ccccc3O)c[nH]c2c1. The topological polar surface area (TPSA) is 62.3 Å². The van der Waals surface area contributed by atoms with E-state index < -0.39 is 0 Å². The normalized spacial score (nSPS) is 12.3. The molecule has 3 rings (SSSR count). The molecule has 0 fully saturated rings. The van der Waals surface area contributed by atoms with Crippen molar-refractivity contribution in [2.45, 2.75) is 12.8 Å². The van der Waals surface area contributed by atoms with Crippen LogP contribution in [-0.4, -0.2) is 23.2 Å². The number of aromatic nitrogens is 1. The van der Waals surface area contributed by atoms with Crippen molar-refractivity contribution in [3.8, 4) is 5.75 Å². The third kappa shape index (κ3) is 2.33. The molecule has 0 amide bonds. The number of para-hydroxylation sites is 1. The van der Waals surface area contributed by atoms with Gasteiger partial charge in [-0.25, -0.2) is 4.79 Å². The van der Waals surface area contributed by atoms with Crippen LogP contribution >= 0.6 is 0 Å². The molecule has 0 spiro atoms. The zero-order chi connectivity index (χ0) is 15.7. The van der Waals surface area contributed by atoms with Crippen molar-refractivity contribution in [3.63, 3.8) is 0 Å². The van der Waals surface area contributed by atoms with E-state index in [4.69, 9.17) is 4.74 Å². The fourth-order valence-corrected chi connectivity index (χ4v) is 2.77. The largest absolute Gasteiger partial charge is 0.508 e. The summed E-state index contributed by atoms with van der Waals surface area (Å²) in [5.41, 5.74) is 3.34. The molecule has 112 valence electrons. The lowest BCUT2D eigenvalue weighted by molar-refractivity contribution is 0.0601. The van der Waals surface area contributed by atoms with Crippen molar-refractivity contribution in [1.82, 2.24) is 4.98 Å². The van der Waals surface area contributed by atoms with Gasteiger partial charge in [0.15, 0.2) is 0 Å². The van der Waals surface area contributed by atoms with Crippen molar-refractivity contribution in [2.24, 2.45) is 0 Å². The van der Waals surface area contributed by atoms with E-state index in [2.05, 4.69) is 4.98 Å². The minimum atomic E-state index is -0.355. The quantitative estimate of drug-likeness (QED) is 0.722. The van der Waals surface area contributed by atoms with Gasteiger partial charge < -0.3 is 14.8 Å². The number of aromatic hydroxyl groups is 1. The molecule has 0 aliphatic heterocycles. The molecule has 1 atom stereocenters. The number of phenolic OH excluding ortho intramolecular Hbond substituents is 1. The Labute approximate surface area is 128 Å². The van der Waals surface area contributed by atoms with Crippen LogP contribution in [-0.2, 0) is 4.74 Å². The minimum Gasteiger partial charge on any atom is -0.508 e. The van der Waals surface area contributed by atoms with Crippen LogP contribution in [0.15, 0.2) is 48.7 Å². The average molecular weight is 295 g/mol. The maximum atomic E-state index is 11.6. The van der Waals surface area contributed by atoms with Gasteiger partial charge in [-0.15, -0.1) is 0 Å². The van der Waals surface area contributed by atoms with Crippen molar-refractivity contribution >= 4 is 16.9 Å². The van der Waals surface area contributed by atoms with Crippen molar-refractivity contribution in [1.29, 1.82) is 0 Å². The second kappa shape index (κ2) is 5.56. The highest BCUT2D eigenvalue weighted by Gasteiger charge is 2.17. The second-order valence-electron chi connectivity index (χ2n) is 5.28. The molecule has 1 unspecified atom stereocenters. The first-order chi connectivity index (χ1) is 10.6. The number of H-pyrrole nitrogens is 1. The van der Waals surface area contributed by atoms with Crippen LogP contribution in [0.3, 0.4) is 0 Å². The molecule has 0 radical (unpaired) electrons. The van der Waals surface area contributed by atoms with E-state index in [9.17, 15) is 9.90 Å². The molecule has 0 saturated carbocycles. The van der Waals surface area contributed by atoms with E-state index in [0.29, 0.717) is 5.56 Å². The van der Waals surface area contributed by atoms with Crippen LogP contribution in [0.2, 0.25) is 0 Å². The molecule has 1 aromatic heterocycles. The van der Waals surface area contributed by atoms with Crippen LogP contribution < -0.4 is 0 Å². The predicted molar refractivity (Wildman–Crippen MR) is 85.3 cm³/mol. The summed E-state index contributed by atoms with van der Waals surface area (Å²) in [4.78, 5) is 14.8. The molecule has 0 aliphatic rings. The summed E-state index contributed by atoms with van der Waals surface area (Å²) in [6.45, 7) is 2.05. The van der Waals surface area contributed by atoms with Gasteiger partial charge in [0.1, 0.15) is 5.75 Å². The smallest absolute Gasteiger partial charge is 0.337 e. The van der Waals surface area contributed by atoms with Gasteiger partial charge >= 0.3 is 5.97 Å². The summed E-state index contributed by atoms with van der Waals surface area (Å²) in [5.74, 6) is -0.0266. The lowest BCUT2D eigenvalue weighted by Gasteiger charge is -2.13. The van der Waals surface area contributed by atoms with E-state index in [0.717, 1.165) is 22.0 Å². The fraction of sp³-hybridized carbons (Fsp3) is 0.167. The number of aromatic amines is 1. The number of carbonyl (C=O) groups is 1. The predicted octanol–water partition coefficient (Wildman–Crippen LogP) is 3.81. The Morgan fingerprint density at radius 3 is 2.68 bits per heavy atom. The Bertz CT molecular complexity index is 835. The van der Waals surface area contributed by atoms with Crippen LogP contribution in [0.1, 0.15) is 34.3 Å². The number of ether oxygens (including phenoxy) is 1. The van der Waals surface area contributed by atoms with Crippen molar-refractivity contribution in [2.75, 3.05) is 7.11 Å². The number of carbonyl (C=O) groups excluding carboxylic acids is 1. The first-order valence-corrected chi connectivity index (χ1v) is 7.09. The van der Waals surface area contributed by atoms with Crippen LogP contribution in [0.4, 0.5) is 0 Å². The van der Waals surface area contributed by atoms with Gasteiger partial charge in [-0.05, 0) is 23.8 Å². The van der Waals surface area contributed by atoms with Gasteiger partial charge in [0.05, 0.1) is 12.7 Å². The summed E-state index contributed by atoms with van der Waals surface area (Å²) < 4.78 is 4.74. The molecule has 4 nitrogen and oxygen atoms in total. The molecule has 2 aromatic carbocycles. The monoisotopic (exact) mass is 295 g/mol. The summed E-state index contributed by atoms with van der Waals surface area (Å²) >= 11 is 0. The van der Waals surface area contributed by atoms with E-state index >= 15 is 0 Å². The van der Waals surface area contributed by atoms with Crippen LogP contribution in [0.5, 0.6) is 5.75 Å². The number of hydrogen-bond donors (Lipinski definition) is 2. The number of esters is 1. The third-order valence-electron chi connectivity index (χ3n) is 4.00. The Kier molecular flexibility index (Phi) is 3.59. The van der Waals surface area contributed by atoms with Crippen molar-refractivity contribution < 1.29 is 14.6 Å². The molecule has 0 saturated heterocycles. The maximum absolute atomic E-state index is 11.6. The maximum Gasteiger partial charge on any atom is 0.337 e. The molecule has 1 heterocycles. The highest BCUT2D eigenvalue weighted by molar-refractivity contribution is 5.95. The molecular formula is C18H17NO3. The van der Waals surface area contributed by atoms with Crippen LogP contribution in [0.25, 0.3) is 10.9 Å². The van der Waals surface area contributed by atoms with Gasteiger partial charge in [-0.2, -0.15) is 0 Å². The number of phenols is 1. The molecule has 0 aliphatic carbocycles. The van der Waals surface area contributed by atoms with E-state index in [1.165, 1.54) is 7.11 Å². The number of nitrogens with one attached hydrogen (secondary N) is 1. The average Bonchev–Trinajstić information content (AvgIpc) is 2.97. The van der Waals surface area contributed by atoms with E-state index in [1.807, 2.05) is 37.4 Å². The molecule has 4 heteroatoms. The summed E-state index contributed by atoms with van der Waals surface area (Å²) in [7, 11) is 1.37. The Hall–Kier alpha value is -2.75. The molecular weight excluding hydrogens is 278 g/mol. The Morgan fingerprint density at radius 2 is 1.95 bits per heavy atom.